The Morgan fingerprint density at radius 3 is 2.39 bits per heavy atom. The Bertz CT molecular complexity index is 677. The zero-order chi connectivity index (χ0) is 16.2. The molecular formula is C19H22N2O2. The molecule has 0 radical (unpaired) electrons. The van der Waals surface area contributed by atoms with E-state index in [0.717, 1.165) is 25.2 Å². The molecule has 0 aliphatic carbocycles. The van der Waals surface area contributed by atoms with Crippen molar-refractivity contribution in [2.75, 3.05) is 26.2 Å². The van der Waals surface area contributed by atoms with Crippen LogP contribution < -0.4 is 0 Å². The van der Waals surface area contributed by atoms with Gasteiger partial charge in [-0.3, -0.25) is 9.69 Å². The molecule has 0 bridgehead atoms. The normalized spacial score (nSPS) is 15.6. The molecule has 0 spiro atoms. The smallest absolute Gasteiger partial charge is 0.257 e. The zero-order valence-corrected chi connectivity index (χ0v) is 13.4. The maximum atomic E-state index is 12.5. The van der Waals surface area contributed by atoms with E-state index >= 15 is 0 Å². The van der Waals surface area contributed by atoms with E-state index in [-0.39, 0.29) is 11.7 Å². The molecule has 1 amide bonds. The summed E-state index contributed by atoms with van der Waals surface area (Å²) in [5.41, 5.74) is 2.64. The average molecular weight is 310 g/mol. The number of carbonyl (C=O) groups excluding carboxylic acids is 1. The van der Waals surface area contributed by atoms with E-state index < -0.39 is 0 Å². The summed E-state index contributed by atoms with van der Waals surface area (Å²) in [6, 6.07) is 15.6. The fourth-order valence-corrected chi connectivity index (χ4v) is 2.94. The first-order valence-electron chi connectivity index (χ1n) is 7.98. The summed E-state index contributed by atoms with van der Waals surface area (Å²) in [6.45, 7) is 5.91. The summed E-state index contributed by atoms with van der Waals surface area (Å²) in [7, 11) is 0. The van der Waals surface area contributed by atoms with Crippen LogP contribution in [0, 0.1) is 6.92 Å². The summed E-state index contributed by atoms with van der Waals surface area (Å²) in [4.78, 5) is 16.7. The fraction of sp³-hybridized carbons (Fsp3) is 0.316. The molecule has 1 fully saturated rings. The van der Waals surface area contributed by atoms with Gasteiger partial charge in [0.1, 0.15) is 5.75 Å². The Hall–Kier alpha value is -2.33. The highest BCUT2D eigenvalue weighted by atomic mass is 16.3. The number of rotatable bonds is 3. The van der Waals surface area contributed by atoms with Crippen molar-refractivity contribution in [1.82, 2.24) is 9.80 Å². The van der Waals surface area contributed by atoms with Gasteiger partial charge in [-0.1, -0.05) is 36.4 Å². The average Bonchev–Trinajstić information content (AvgIpc) is 2.56. The number of piperazine rings is 1. The van der Waals surface area contributed by atoms with Gasteiger partial charge < -0.3 is 10.0 Å². The van der Waals surface area contributed by atoms with Crippen LogP contribution in [-0.4, -0.2) is 47.0 Å². The van der Waals surface area contributed by atoms with Crippen LogP contribution in [0.4, 0.5) is 0 Å². The van der Waals surface area contributed by atoms with Gasteiger partial charge in [0.15, 0.2) is 0 Å². The molecule has 1 N–H and O–H groups in total. The maximum absolute atomic E-state index is 12.5. The molecule has 4 nitrogen and oxygen atoms in total. The highest BCUT2D eigenvalue weighted by Gasteiger charge is 2.23. The predicted molar refractivity (Wildman–Crippen MR) is 90.5 cm³/mol. The molecule has 0 unspecified atom stereocenters. The van der Waals surface area contributed by atoms with E-state index in [1.807, 2.05) is 24.0 Å². The summed E-state index contributed by atoms with van der Waals surface area (Å²) < 4.78 is 0. The summed E-state index contributed by atoms with van der Waals surface area (Å²) in [5, 5.41) is 9.98. The molecule has 0 atom stereocenters. The van der Waals surface area contributed by atoms with Crippen molar-refractivity contribution in [1.29, 1.82) is 0 Å². The van der Waals surface area contributed by atoms with Gasteiger partial charge in [-0.2, -0.15) is 0 Å². The zero-order valence-electron chi connectivity index (χ0n) is 13.4. The van der Waals surface area contributed by atoms with Gasteiger partial charge in [0.05, 0.1) is 5.56 Å². The molecule has 2 aromatic rings. The van der Waals surface area contributed by atoms with Crippen molar-refractivity contribution in [3.05, 3.63) is 65.2 Å². The predicted octanol–water partition coefficient (Wildman–Crippen LogP) is 2.66. The van der Waals surface area contributed by atoms with Crippen LogP contribution in [0.25, 0.3) is 0 Å². The quantitative estimate of drug-likeness (QED) is 0.948. The van der Waals surface area contributed by atoms with Crippen molar-refractivity contribution >= 4 is 5.91 Å². The third-order valence-electron chi connectivity index (χ3n) is 4.29. The third kappa shape index (κ3) is 3.71. The lowest BCUT2D eigenvalue weighted by Crippen LogP contribution is -2.48. The van der Waals surface area contributed by atoms with E-state index in [1.165, 1.54) is 5.56 Å². The molecule has 3 rings (SSSR count). The Kier molecular flexibility index (Phi) is 4.63. The number of carbonyl (C=O) groups is 1. The minimum atomic E-state index is -0.0816. The maximum Gasteiger partial charge on any atom is 0.257 e. The molecule has 4 heteroatoms. The number of amides is 1. The SMILES string of the molecule is Cc1ccc(C(=O)N2CCN(Cc3ccccc3)CC2)c(O)c1. The van der Waals surface area contributed by atoms with E-state index in [0.29, 0.717) is 18.7 Å². The Balaban J connectivity index is 1.59. The molecule has 1 aliphatic heterocycles. The molecule has 120 valence electrons. The van der Waals surface area contributed by atoms with Gasteiger partial charge in [0.25, 0.3) is 5.91 Å². The van der Waals surface area contributed by atoms with Crippen LogP contribution in [0.2, 0.25) is 0 Å². The van der Waals surface area contributed by atoms with Crippen LogP contribution in [0.3, 0.4) is 0 Å². The number of hydrogen-bond acceptors (Lipinski definition) is 3. The van der Waals surface area contributed by atoms with Crippen LogP contribution in [0.1, 0.15) is 21.5 Å². The molecular weight excluding hydrogens is 288 g/mol. The largest absolute Gasteiger partial charge is 0.507 e. The van der Waals surface area contributed by atoms with Crippen LogP contribution in [0.15, 0.2) is 48.5 Å². The fourth-order valence-electron chi connectivity index (χ4n) is 2.94. The number of phenolic OH excluding ortho intramolecular Hbond substituents is 1. The second-order valence-electron chi connectivity index (χ2n) is 6.07. The Labute approximate surface area is 137 Å². The highest BCUT2D eigenvalue weighted by Crippen LogP contribution is 2.21. The highest BCUT2D eigenvalue weighted by molar-refractivity contribution is 5.97. The first kappa shape index (κ1) is 15.6. The van der Waals surface area contributed by atoms with E-state index in [1.54, 1.807) is 12.1 Å². The molecule has 2 aromatic carbocycles. The number of phenols is 1. The van der Waals surface area contributed by atoms with Crippen molar-refractivity contribution < 1.29 is 9.90 Å². The first-order valence-corrected chi connectivity index (χ1v) is 7.98. The Morgan fingerprint density at radius 2 is 1.74 bits per heavy atom. The van der Waals surface area contributed by atoms with Crippen molar-refractivity contribution in [3.8, 4) is 5.75 Å². The first-order chi connectivity index (χ1) is 11.1. The van der Waals surface area contributed by atoms with Gasteiger partial charge in [-0.25, -0.2) is 0 Å². The minimum Gasteiger partial charge on any atom is -0.507 e. The number of nitrogens with zero attached hydrogens (tertiary/aromatic N) is 2. The summed E-state index contributed by atoms with van der Waals surface area (Å²) in [5.74, 6) is -0.0106. The van der Waals surface area contributed by atoms with Crippen LogP contribution in [0.5, 0.6) is 5.75 Å². The second kappa shape index (κ2) is 6.84. The number of hydrogen-bond donors (Lipinski definition) is 1. The minimum absolute atomic E-state index is 0.0710. The van der Waals surface area contributed by atoms with Gasteiger partial charge in [-0.15, -0.1) is 0 Å². The molecule has 1 heterocycles. The lowest BCUT2D eigenvalue weighted by molar-refractivity contribution is 0.0625. The Morgan fingerprint density at radius 1 is 1.04 bits per heavy atom. The van der Waals surface area contributed by atoms with E-state index in [9.17, 15) is 9.90 Å². The number of aromatic hydroxyl groups is 1. The lowest BCUT2D eigenvalue weighted by atomic mass is 10.1. The number of benzene rings is 2. The van der Waals surface area contributed by atoms with Gasteiger partial charge in [0.2, 0.25) is 0 Å². The molecule has 1 aliphatic rings. The molecule has 0 saturated carbocycles. The van der Waals surface area contributed by atoms with Gasteiger partial charge in [-0.05, 0) is 30.2 Å². The summed E-state index contributed by atoms with van der Waals surface area (Å²) in [6.07, 6.45) is 0. The lowest BCUT2D eigenvalue weighted by Gasteiger charge is -2.34. The third-order valence-corrected chi connectivity index (χ3v) is 4.29. The van der Waals surface area contributed by atoms with E-state index in [2.05, 4.69) is 29.2 Å². The number of aryl methyl sites for hydroxylation is 1. The van der Waals surface area contributed by atoms with Gasteiger partial charge >= 0.3 is 0 Å². The van der Waals surface area contributed by atoms with Crippen LogP contribution >= 0.6 is 0 Å². The standard InChI is InChI=1S/C19H22N2O2/c1-15-7-8-17(18(22)13-15)19(23)21-11-9-20(10-12-21)14-16-5-3-2-4-6-16/h2-8,13,22H,9-12,14H2,1H3. The molecule has 0 aromatic heterocycles. The molecule has 1 saturated heterocycles. The van der Waals surface area contributed by atoms with Gasteiger partial charge in [0, 0.05) is 32.7 Å². The summed E-state index contributed by atoms with van der Waals surface area (Å²) >= 11 is 0. The van der Waals surface area contributed by atoms with Crippen LogP contribution in [-0.2, 0) is 6.54 Å². The van der Waals surface area contributed by atoms with E-state index in [4.69, 9.17) is 0 Å². The van der Waals surface area contributed by atoms with Crippen molar-refractivity contribution in [2.45, 2.75) is 13.5 Å². The van der Waals surface area contributed by atoms with Crippen molar-refractivity contribution in [2.24, 2.45) is 0 Å². The topological polar surface area (TPSA) is 43.8 Å². The second-order valence-corrected chi connectivity index (χ2v) is 6.07. The van der Waals surface area contributed by atoms with Crippen molar-refractivity contribution in [3.63, 3.8) is 0 Å². The molecule has 23 heavy (non-hydrogen) atoms. The monoisotopic (exact) mass is 310 g/mol.